The molecule has 0 aliphatic heterocycles. The average Bonchev–Trinajstić information content (AvgIpc) is 3.19. The molecule has 0 spiro atoms. The van der Waals surface area contributed by atoms with Crippen molar-refractivity contribution in [2.75, 3.05) is 32.7 Å². The highest BCUT2D eigenvalue weighted by Crippen LogP contribution is 2.18. The Balaban J connectivity index is 1.92. The summed E-state index contributed by atoms with van der Waals surface area (Å²) in [5.74, 6) is 0.160. The summed E-state index contributed by atoms with van der Waals surface area (Å²) in [6.07, 6.45) is 3.36. The maximum atomic E-state index is 11.4. The highest BCUT2D eigenvalue weighted by Gasteiger charge is 2.22. The summed E-state index contributed by atoms with van der Waals surface area (Å²) in [7, 11) is 0. The normalized spacial score (nSPS) is 16.6. The number of likely N-dealkylation sites (N-methyl/N-ethyl adjacent to an activating group) is 1. The molecule has 0 aromatic carbocycles. The van der Waals surface area contributed by atoms with Crippen LogP contribution < -0.4 is 10.6 Å². The molecule has 0 saturated heterocycles. The van der Waals surface area contributed by atoms with Gasteiger partial charge in [0.25, 0.3) is 0 Å². The fourth-order valence-electron chi connectivity index (χ4n) is 2.01. The lowest BCUT2D eigenvalue weighted by Gasteiger charge is -2.22. The SMILES string of the molecule is CCN(CC)CC(O)CNCCCC(=O)NC1CC1. The average molecular weight is 271 g/mol. The van der Waals surface area contributed by atoms with Gasteiger partial charge < -0.3 is 20.6 Å². The standard InChI is InChI=1S/C14H29N3O2/c1-3-17(4-2)11-13(18)10-15-9-5-6-14(19)16-12-7-8-12/h12-13,15,18H,3-11H2,1-2H3,(H,16,19). The minimum atomic E-state index is -0.333. The van der Waals surface area contributed by atoms with E-state index in [1.54, 1.807) is 0 Å². The number of nitrogens with zero attached hydrogens (tertiary/aromatic N) is 1. The fraction of sp³-hybridized carbons (Fsp3) is 0.929. The zero-order chi connectivity index (χ0) is 14.1. The van der Waals surface area contributed by atoms with Crippen molar-refractivity contribution in [1.29, 1.82) is 0 Å². The van der Waals surface area contributed by atoms with Gasteiger partial charge in [-0.3, -0.25) is 4.79 Å². The Bertz CT molecular complexity index is 253. The molecule has 5 heteroatoms. The van der Waals surface area contributed by atoms with Gasteiger partial charge in [0.05, 0.1) is 6.10 Å². The Morgan fingerprint density at radius 3 is 2.63 bits per heavy atom. The molecule has 0 bridgehead atoms. The molecule has 0 aromatic heterocycles. The molecular weight excluding hydrogens is 242 g/mol. The number of nitrogens with one attached hydrogen (secondary N) is 2. The fourth-order valence-corrected chi connectivity index (χ4v) is 2.01. The Morgan fingerprint density at radius 1 is 1.37 bits per heavy atom. The predicted octanol–water partition coefficient (Wildman–Crippen LogP) is 0.338. The third kappa shape index (κ3) is 8.18. The Hall–Kier alpha value is -0.650. The van der Waals surface area contributed by atoms with Crippen molar-refractivity contribution in [3.63, 3.8) is 0 Å². The number of aliphatic hydroxyl groups excluding tert-OH is 1. The summed E-state index contributed by atoms with van der Waals surface area (Å²) < 4.78 is 0. The molecule has 5 nitrogen and oxygen atoms in total. The number of amides is 1. The van der Waals surface area contributed by atoms with E-state index in [2.05, 4.69) is 29.4 Å². The molecule has 1 saturated carbocycles. The molecule has 1 aliphatic carbocycles. The van der Waals surface area contributed by atoms with E-state index in [0.29, 0.717) is 25.6 Å². The van der Waals surface area contributed by atoms with E-state index in [-0.39, 0.29) is 12.0 Å². The van der Waals surface area contributed by atoms with Crippen LogP contribution in [0.2, 0.25) is 0 Å². The summed E-state index contributed by atoms with van der Waals surface area (Å²) >= 11 is 0. The predicted molar refractivity (Wildman–Crippen MR) is 77.1 cm³/mol. The Morgan fingerprint density at radius 2 is 2.05 bits per heavy atom. The molecule has 1 atom stereocenters. The summed E-state index contributed by atoms with van der Waals surface area (Å²) in [5.41, 5.74) is 0. The second kappa shape index (κ2) is 9.28. The van der Waals surface area contributed by atoms with Crippen molar-refractivity contribution in [1.82, 2.24) is 15.5 Å². The van der Waals surface area contributed by atoms with Crippen LogP contribution in [-0.2, 0) is 4.79 Å². The quantitative estimate of drug-likeness (QED) is 0.474. The molecule has 0 aromatic rings. The summed E-state index contributed by atoms with van der Waals surface area (Å²) in [6, 6.07) is 0.455. The van der Waals surface area contributed by atoms with Crippen LogP contribution in [0.4, 0.5) is 0 Å². The molecule has 3 N–H and O–H groups in total. The van der Waals surface area contributed by atoms with E-state index in [1.165, 1.54) is 0 Å². The van der Waals surface area contributed by atoms with Crippen molar-refractivity contribution in [2.24, 2.45) is 0 Å². The first-order valence-corrected chi connectivity index (χ1v) is 7.56. The van der Waals surface area contributed by atoms with Crippen LogP contribution in [0.5, 0.6) is 0 Å². The minimum absolute atomic E-state index is 0.160. The van der Waals surface area contributed by atoms with E-state index in [9.17, 15) is 9.90 Å². The first-order chi connectivity index (χ1) is 9.15. The van der Waals surface area contributed by atoms with Gasteiger partial charge in [-0.05, 0) is 38.9 Å². The maximum Gasteiger partial charge on any atom is 0.220 e. The topological polar surface area (TPSA) is 64.6 Å². The van der Waals surface area contributed by atoms with E-state index in [0.717, 1.165) is 38.9 Å². The van der Waals surface area contributed by atoms with Crippen molar-refractivity contribution in [3.05, 3.63) is 0 Å². The minimum Gasteiger partial charge on any atom is -0.390 e. The van der Waals surface area contributed by atoms with Crippen LogP contribution in [0.3, 0.4) is 0 Å². The number of rotatable bonds is 11. The smallest absolute Gasteiger partial charge is 0.220 e. The van der Waals surface area contributed by atoms with Gasteiger partial charge in [-0.15, -0.1) is 0 Å². The number of carbonyl (C=O) groups excluding carboxylic acids is 1. The van der Waals surface area contributed by atoms with E-state index in [4.69, 9.17) is 0 Å². The lowest BCUT2D eigenvalue weighted by molar-refractivity contribution is -0.121. The van der Waals surface area contributed by atoms with Crippen LogP contribution in [0, 0.1) is 0 Å². The molecule has 19 heavy (non-hydrogen) atoms. The van der Waals surface area contributed by atoms with Gasteiger partial charge in [0.15, 0.2) is 0 Å². The molecule has 0 radical (unpaired) electrons. The maximum absolute atomic E-state index is 11.4. The zero-order valence-corrected chi connectivity index (χ0v) is 12.3. The van der Waals surface area contributed by atoms with Gasteiger partial charge in [-0.2, -0.15) is 0 Å². The Kier molecular flexibility index (Phi) is 8.02. The molecule has 1 aliphatic rings. The summed E-state index contributed by atoms with van der Waals surface area (Å²) in [6.45, 7) is 8.23. The van der Waals surface area contributed by atoms with Gasteiger partial charge >= 0.3 is 0 Å². The third-order valence-electron chi connectivity index (χ3n) is 3.44. The van der Waals surface area contributed by atoms with Crippen LogP contribution in [0.1, 0.15) is 39.5 Å². The summed E-state index contributed by atoms with van der Waals surface area (Å²) in [4.78, 5) is 13.6. The molecule has 1 amide bonds. The molecule has 1 unspecified atom stereocenters. The number of hydrogen-bond donors (Lipinski definition) is 3. The number of aliphatic hydroxyl groups is 1. The zero-order valence-electron chi connectivity index (χ0n) is 12.3. The van der Waals surface area contributed by atoms with Crippen molar-refractivity contribution in [2.45, 2.75) is 51.7 Å². The van der Waals surface area contributed by atoms with Crippen molar-refractivity contribution in [3.8, 4) is 0 Å². The highest BCUT2D eigenvalue weighted by atomic mass is 16.3. The van der Waals surface area contributed by atoms with Crippen molar-refractivity contribution >= 4 is 5.91 Å². The van der Waals surface area contributed by atoms with E-state index >= 15 is 0 Å². The van der Waals surface area contributed by atoms with Gasteiger partial charge in [0.1, 0.15) is 0 Å². The van der Waals surface area contributed by atoms with Crippen LogP contribution in [0.25, 0.3) is 0 Å². The van der Waals surface area contributed by atoms with Gasteiger partial charge in [-0.1, -0.05) is 13.8 Å². The second-order valence-corrected chi connectivity index (χ2v) is 5.29. The number of hydrogen-bond acceptors (Lipinski definition) is 4. The third-order valence-corrected chi connectivity index (χ3v) is 3.44. The first-order valence-electron chi connectivity index (χ1n) is 7.56. The largest absolute Gasteiger partial charge is 0.390 e. The monoisotopic (exact) mass is 271 g/mol. The lowest BCUT2D eigenvalue weighted by atomic mass is 10.2. The van der Waals surface area contributed by atoms with E-state index in [1.807, 2.05) is 0 Å². The highest BCUT2D eigenvalue weighted by molar-refractivity contribution is 5.76. The molecule has 0 heterocycles. The van der Waals surface area contributed by atoms with Gasteiger partial charge in [0.2, 0.25) is 5.91 Å². The molecule has 112 valence electrons. The van der Waals surface area contributed by atoms with Crippen LogP contribution in [-0.4, -0.2) is 60.8 Å². The van der Waals surface area contributed by atoms with Crippen LogP contribution >= 0.6 is 0 Å². The van der Waals surface area contributed by atoms with E-state index < -0.39 is 0 Å². The summed E-state index contributed by atoms with van der Waals surface area (Å²) in [5, 5.41) is 16.0. The lowest BCUT2D eigenvalue weighted by Crippen LogP contribution is -2.38. The van der Waals surface area contributed by atoms with Crippen molar-refractivity contribution < 1.29 is 9.90 Å². The van der Waals surface area contributed by atoms with Crippen LogP contribution in [0.15, 0.2) is 0 Å². The molecule has 1 rings (SSSR count). The molecule has 1 fully saturated rings. The van der Waals surface area contributed by atoms with Gasteiger partial charge in [-0.25, -0.2) is 0 Å². The number of carbonyl (C=O) groups is 1. The second-order valence-electron chi connectivity index (χ2n) is 5.29. The van der Waals surface area contributed by atoms with Gasteiger partial charge in [0, 0.05) is 25.6 Å². The Labute approximate surface area is 116 Å². The molecular formula is C14H29N3O2. The first kappa shape index (κ1) is 16.4.